The number of carbonyl (C=O) groups excluding carboxylic acids is 1. The van der Waals surface area contributed by atoms with Crippen LogP contribution in [0, 0.1) is 5.92 Å². The van der Waals surface area contributed by atoms with Gasteiger partial charge < -0.3 is 64.3 Å². The second-order valence-electron chi connectivity index (χ2n) is 14.0. The fourth-order valence-electron chi connectivity index (χ4n) is 7.39. The number of aliphatic hydroxyl groups excluding tert-OH is 3. The fraction of sp³-hybridized carbons (Fsp3) is 0.667. The number of carboxylic acids is 1. The molecular weight excluding hydrogens is 684 g/mol. The van der Waals surface area contributed by atoms with Crippen LogP contribution in [-0.2, 0) is 33.3 Å². The lowest BCUT2D eigenvalue weighted by molar-refractivity contribution is -0.842. The molecule has 0 aromatic rings. The van der Waals surface area contributed by atoms with Crippen molar-refractivity contribution < 1.29 is 73.9 Å². The molecule has 0 radical (unpaired) electrons. The van der Waals surface area contributed by atoms with Crippen LogP contribution >= 0.6 is 0 Å². The van der Waals surface area contributed by atoms with E-state index in [9.17, 15) is 45.3 Å². The highest BCUT2D eigenvalue weighted by molar-refractivity contribution is 5.92. The number of hydrogen-bond donors (Lipinski definition) is 9. The molecule has 2 aliphatic carbocycles. The van der Waals surface area contributed by atoms with Gasteiger partial charge in [0.05, 0.1) is 25.9 Å². The van der Waals surface area contributed by atoms with Gasteiger partial charge in [0.15, 0.2) is 12.4 Å². The number of aliphatic carboxylic acids is 1. The SMILES string of the molecule is CNCOC1C(OC2OC=C(C(=O)OC3CCCCC3)C(O)(C=CC3=CC(C(=O)O)=C[NH+](CCO)C3)C2C=C2CCCC2)OC(CO)C(O)C1(O)O. The Hall–Kier alpha value is -3.00. The van der Waals surface area contributed by atoms with Crippen molar-refractivity contribution in [3.63, 3.8) is 0 Å². The maximum atomic E-state index is 13.9. The van der Waals surface area contributed by atoms with Gasteiger partial charge in [-0.05, 0) is 70.6 Å². The number of nitrogens with one attached hydrogen (secondary N) is 2. The van der Waals surface area contributed by atoms with E-state index in [2.05, 4.69) is 5.32 Å². The van der Waals surface area contributed by atoms with E-state index in [1.807, 2.05) is 0 Å². The molecule has 16 nitrogen and oxygen atoms in total. The van der Waals surface area contributed by atoms with Crippen molar-refractivity contribution in [3.05, 3.63) is 59.1 Å². The summed E-state index contributed by atoms with van der Waals surface area (Å²) in [7, 11) is 1.55. The summed E-state index contributed by atoms with van der Waals surface area (Å²) in [6.07, 6.45) is 7.29. The second kappa shape index (κ2) is 17.9. The zero-order valence-electron chi connectivity index (χ0n) is 29.4. The third-order valence-electron chi connectivity index (χ3n) is 10.2. The smallest absolute Gasteiger partial charge is 0.341 e. The van der Waals surface area contributed by atoms with Crippen LogP contribution in [0.15, 0.2) is 59.1 Å². The number of allylic oxidation sites excluding steroid dienone is 1. The van der Waals surface area contributed by atoms with Crippen molar-refractivity contribution in [2.24, 2.45) is 5.92 Å². The predicted octanol–water partition coefficient (Wildman–Crippen LogP) is -1.37. The number of ether oxygens (including phenoxy) is 5. The van der Waals surface area contributed by atoms with E-state index >= 15 is 0 Å². The highest BCUT2D eigenvalue weighted by Crippen LogP contribution is 2.43. The van der Waals surface area contributed by atoms with E-state index in [-0.39, 0.29) is 43.7 Å². The zero-order chi connectivity index (χ0) is 37.5. The summed E-state index contributed by atoms with van der Waals surface area (Å²) in [6.45, 7) is -0.693. The molecule has 9 N–H and O–H groups in total. The summed E-state index contributed by atoms with van der Waals surface area (Å²) in [5.74, 6) is -6.11. The monoisotopic (exact) mass is 737 g/mol. The third kappa shape index (κ3) is 9.19. The van der Waals surface area contributed by atoms with Crippen molar-refractivity contribution in [3.8, 4) is 0 Å². The molecule has 3 heterocycles. The van der Waals surface area contributed by atoms with Crippen molar-refractivity contribution >= 4 is 11.9 Å². The minimum atomic E-state index is -2.95. The number of quaternary nitrogens is 1. The molecule has 52 heavy (non-hydrogen) atoms. The largest absolute Gasteiger partial charge is 0.477 e. The Kier molecular flexibility index (Phi) is 13.8. The molecule has 16 heteroatoms. The first-order valence-electron chi connectivity index (χ1n) is 18.0. The molecule has 8 unspecified atom stereocenters. The van der Waals surface area contributed by atoms with Gasteiger partial charge >= 0.3 is 11.9 Å². The van der Waals surface area contributed by atoms with Gasteiger partial charge in [0.25, 0.3) is 0 Å². The van der Waals surface area contributed by atoms with Gasteiger partial charge in [-0.25, -0.2) is 9.59 Å². The van der Waals surface area contributed by atoms with Crippen molar-refractivity contribution in [2.45, 2.75) is 106 Å². The van der Waals surface area contributed by atoms with Gasteiger partial charge in [-0.1, -0.05) is 24.1 Å². The maximum Gasteiger partial charge on any atom is 0.341 e. The minimum absolute atomic E-state index is 0.00852. The summed E-state index contributed by atoms with van der Waals surface area (Å²) in [5.41, 5.74) is -0.972. The number of carboxylic acid groups (broad SMARTS) is 1. The van der Waals surface area contributed by atoms with Gasteiger partial charge in [-0.15, -0.1) is 0 Å². The average Bonchev–Trinajstić information content (AvgIpc) is 3.64. The summed E-state index contributed by atoms with van der Waals surface area (Å²) >= 11 is 0. The Morgan fingerprint density at radius 2 is 1.81 bits per heavy atom. The number of rotatable bonds is 14. The predicted molar refractivity (Wildman–Crippen MR) is 180 cm³/mol. The van der Waals surface area contributed by atoms with Crippen molar-refractivity contribution in [2.75, 3.05) is 40.1 Å². The van der Waals surface area contributed by atoms with Crippen LogP contribution in [0.3, 0.4) is 0 Å². The summed E-state index contributed by atoms with van der Waals surface area (Å²) in [4.78, 5) is 26.6. The molecule has 0 aromatic heterocycles. The van der Waals surface area contributed by atoms with Crippen LogP contribution in [0.2, 0.25) is 0 Å². The lowest BCUT2D eigenvalue weighted by Gasteiger charge is -2.48. The highest BCUT2D eigenvalue weighted by Gasteiger charge is 2.58. The first-order chi connectivity index (χ1) is 24.9. The molecule has 5 aliphatic rings. The van der Waals surface area contributed by atoms with E-state index < -0.39 is 66.7 Å². The average molecular weight is 738 g/mol. The Morgan fingerprint density at radius 3 is 2.46 bits per heavy atom. The van der Waals surface area contributed by atoms with E-state index in [1.165, 1.54) is 24.4 Å². The van der Waals surface area contributed by atoms with Crippen LogP contribution in [0.5, 0.6) is 0 Å². The topological polar surface area (TPSA) is 238 Å². The Morgan fingerprint density at radius 1 is 1.08 bits per heavy atom. The molecule has 2 saturated carbocycles. The van der Waals surface area contributed by atoms with Crippen molar-refractivity contribution in [1.29, 1.82) is 0 Å². The summed E-state index contributed by atoms with van der Waals surface area (Å²) in [6, 6.07) is 0. The number of esters is 1. The van der Waals surface area contributed by atoms with Crippen LogP contribution in [0.25, 0.3) is 0 Å². The molecule has 8 atom stereocenters. The quantitative estimate of drug-likeness (QED) is 0.0568. The van der Waals surface area contributed by atoms with Gasteiger partial charge in [-0.3, -0.25) is 5.32 Å². The van der Waals surface area contributed by atoms with Gasteiger partial charge in [0.2, 0.25) is 12.1 Å². The maximum absolute atomic E-state index is 13.9. The van der Waals surface area contributed by atoms with Crippen LogP contribution in [0.1, 0.15) is 57.8 Å². The minimum Gasteiger partial charge on any atom is -0.477 e. The van der Waals surface area contributed by atoms with E-state index in [4.69, 9.17) is 23.7 Å². The normalized spacial score (nSPS) is 33.9. The Bertz CT molecular complexity index is 1410. The molecule has 0 amide bonds. The Labute approximate surface area is 302 Å². The van der Waals surface area contributed by atoms with Crippen LogP contribution in [0.4, 0.5) is 0 Å². The number of aliphatic hydroxyl groups is 6. The summed E-state index contributed by atoms with van der Waals surface area (Å²) < 4.78 is 29.5. The molecule has 1 saturated heterocycles. The van der Waals surface area contributed by atoms with Gasteiger partial charge in [-0.2, -0.15) is 0 Å². The van der Waals surface area contributed by atoms with Gasteiger partial charge in [0.1, 0.15) is 60.6 Å². The molecule has 5 rings (SSSR count). The molecule has 0 bridgehead atoms. The van der Waals surface area contributed by atoms with E-state index in [1.54, 1.807) is 13.1 Å². The van der Waals surface area contributed by atoms with Crippen LogP contribution < -0.4 is 10.2 Å². The lowest BCUT2D eigenvalue weighted by atomic mass is 9.77. The highest BCUT2D eigenvalue weighted by atomic mass is 16.8. The standard InChI is InChI=1S/C36H52N2O14/c1-37-21-49-30-34(51-28(19-40)29(41)36(30,46)47)52-33-26(16-22-7-5-6-8-22)35(45,27(20-48-33)32(44)50-25-9-3-2-4-10-25)12-11-23-15-24(31(42)43)18-38(17-23)13-14-39/h11-12,15-16,18,20,25-26,28-30,33-34,37,39-41,45-47H,2-10,13-14,17,19,21H2,1H3,(H,42,43)/p+1. The van der Waals surface area contributed by atoms with Gasteiger partial charge in [0, 0.05) is 5.57 Å². The first-order valence-corrected chi connectivity index (χ1v) is 18.0. The number of carbonyl (C=O) groups is 2. The molecule has 290 valence electrons. The Balaban J connectivity index is 1.57. The van der Waals surface area contributed by atoms with Crippen molar-refractivity contribution in [1.82, 2.24) is 5.32 Å². The fourth-order valence-corrected chi connectivity index (χ4v) is 7.39. The van der Waals surface area contributed by atoms with Crippen LogP contribution in [-0.4, -0.2) is 136 Å². The molecule has 3 aliphatic heterocycles. The summed E-state index contributed by atoms with van der Waals surface area (Å²) in [5, 5.41) is 77.3. The molecular formula is C36H53N2O14+. The number of hydrogen-bond acceptors (Lipinski definition) is 14. The molecule has 3 fully saturated rings. The lowest BCUT2D eigenvalue weighted by Crippen LogP contribution is -3.08. The van der Waals surface area contributed by atoms with E-state index in [0.29, 0.717) is 36.2 Å². The van der Waals surface area contributed by atoms with E-state index in [0.717, 1.165) is 43.9 Å². The molecule has 0 aromatic carbocycles. The first kappa shape index (κ1) is 40.2. The zero-order valence-corrected chi connectivity index (χ0v) is 29.4. The third-order valence-corrected chi connectivity index (χ3v) is 10.2. The molecule has 0 spiro atoms. The second-order valence-corrected chi connectivity index (χ2v) is 14.0.